The molecule has 0 saturated heterocycles. The number of ether oxygens (including phenoxy) is 2. The van der Waals surface area contributed by atoms with Gasteiger partial charge in [0.1, 0.15) is 11.5 Å². The van der Waals surface area contributed by atoms with Crippen molar-refractivity contribution in [3.05, 3.63) is 63.5 Å². The minimum absolute atomic E-state index is 0.0331. The topological polar surface area (TPSA) is 98.8 Å². The summed E-state index contributed by atoms with van der Waals surface area (Å²) in [5, 5.41) is 12.8. The van der Waals surface area contributed by atoms with Gasteiger partial charge in [-0.15, -0.1) is 10.2 Å². The van der Waals surface area contributed by atoms with Gasteiger partial charge in [-0.3, -0.25) is 4.79 Å². The van der Waals surface area contributed by atoms with Crippen LogP contribution in [0.25, 0.3) is 0 Å². The number of nitrogens with zero attached hydrogens (tertiary/aromatic N) is 3. The molecule has 3 rings (SSSR count). The highest BCUT2D eigenvalue weighted by Crippen LogP contribution is 2.28. The van der Waals surface area contributed by atoms with Gasteiger partial charge in [0, 0.05) is 5.02 Å². The summed E-state index contributed by atoms with van der Waals surface area (Å²) in [6.07, 6.45) is 1.54. The third-order valence-electron chi connectivity index (χ3n) is 3.86. The largest absolute Gasteiger partial charge is 0.496 e. The lowest BCUT2D eigenvalue weighted by atomic mass is 10.1. The van der Waals surface area contributed by atoms with E-state index < -0.39 is 0 Å². The maximum Gasteiger partial charge on any atom is 0.277 e. The highest BCUT2D eigenvalue weighted by molar-refractivity contribution is 7.99. The second-order valence-corrected chi connectivity index (χ2v) is 7.91. The number of nitrogens with one attached hydrogen (secondary N) is 1. The molecule has 0 aliphatic carbocycles. The first-order chi connectivity index (χ1) is 14.9. The molecule has 3 aromatic rings. The SMILES string of the molecule is COc1cc(/C=N\NC(=O)CSc2nnc(COc3ccc(Cl)cc3Cl)o2)ccc1C. The Labute approximate surface area is 192 Å². The summed E-state index contributed by atoms with van der Waals surface area (Å²) in [4.78, 5) is 12.0. The van der Waals surface area contributed by atoms with Gasteiger partial charge in [0.15, 0.2) is 6.61 Å². The Morgan fingerprint density at radius 1 is 1.23 bits per heavy atom. The number of rotatable bonds is 9. The fourth-order valence-electron chi connectivity index (χ4n) is 2.34. The van der Waals surface area contributed by atoms with Gasteiger partial charge in [-0.2, -0.15) is 5.10 Å². The number of hydrogen-bond donors (Lipinski definition) is 1. The number of aryl methyl sites for hydroxylation is 1. The lowest BCUT2D eigenvalue weighted by molar-refractivity contribution is -0.118. The van der Waals surface area contributed by atoms with E-state index in [0.717, 1.165) is 28.6 Å². The van der Waals surface area contributed by atoms with Crippen LogP contribution >= 0.6 is 35.0 Å². The molecule has 162 valence electrons. The van der Waals surface area contributed by atoms with E-state index in [1.165, 1.54) is 6.21 Å². The van der Waals surface area contributed by atoms with E-state index in [2.05, 4.69) is 20.7 Å². The number of methoxy groups -OCH3 is 1. The standard InChI is InChI=1S/C20H18Cl2N4O4S/c1-12-3-4-13(7-17(12)28-2)9-23-24-18(27)11-31-20-26-25-19(30-20)10-29-16-6-5-14(21)8-15(16)22/h3-9H,10-11H2,1-2H3,(H,24,27)/b23-9-. The van der Waals surface area contributed by atoms with Crippen molar-refractivity contribution < 1.29 is 18.7 Å². The van der Waals surface area contributed by atoms with Crippen LogP contribution in [-0.4, -0.2) is 35.2 Å². The highest BCUT2D eigenvalue weighted by atomic mass is 35.5. The van der Waals surface area contributed by atoms with Gasteiger partial charge in [-0.1, -0.05) is 47.1 Å². The number of benzene rings is 2. The molecule has 1 aromatic heterocycles. The van der Waals surface area contributed by atoms with E-state index in [1.54, 1.807) is 25.3 Å². The first-order valence-electron chi connectivity index (χ1n) is 8.94. The zero-order valence-electron chi connectivity index (χ0n) is 16.6. The smallest absolute Gasteiger partial charge is 0.277 e. The van der Waals surface area contributed by atoms with Crippen molar-refractivity contribution in [2.24, 2.45) is 5.10 Å². The molecule has 1 heterocycles. The summed E-state index contributed by atoms with van der Waals surface area (Å²) in [5.74, 6) is 1.19. The number of thioether (sulfide) groups is 1. The zero-order chi connectivity index (χ0) is 22.2. The highest BCUT2D eigenvalue weighted by Gasteiger charge is 2.11. The number of hydrazone groups is 1. The Kier molecular flexibility index (Phi) is 8.16. The number of hydrogen-bond acceptors (Lipinski definition) is 8. The molecular formula is C20H18Cl2N4O4S. The number of amides is 1. The van der Waals surface area contributed by atoms with Crippen LogP contribution in [0, 0.1) is 6.92 Å². The van der Waals surface area contributed by atoms with Gasteiger partial charge in [0.2, 0.25) is 0 Å². The lowest BCUT2D eigenvalue weighted by Crippen LogP contribution is -2.19. The monoisotopic (exact) mass is 480 g/mol. The molecule has 2 aromatic carbocycles. The predicted molar refractivity (Wildman–Crippen MR) is 119 cm³/mol. The van der Waals surface area contributed by atoms with Crippen molar-refractivity contribution >= 4 is 47.1 Å². The number of carbonyl (C=O) groups excluding carboxylic acids is 1. The Morgan fingerprint density at radius 3 is 2.84 bits per heavy atom. The molecule has 8 nitrogen and oxygen atoms in total. The van der Waals surface area contributed by atoms with E-state index in [4.69, 9.17) is 37.1 Å². The van der Waals surface area contributed by atoms with E-state index in [9.17, 15) is 4.79 Å². The summed E-state index contributed by atoms with van der Waals surface area (Å²) >= 11 is 13.0. The Balaban J connectivity index is 1.44. The Bertz CT molecular complexity index is 1090. The molecule has 0 spiro atoms. The number of aromatic nitrogens is 2. The molecule has 11 heteroatoms. The van der Waals surface area contributed by atoms with Crippen LogP contribution in [0.3, 0.4) is 0 Å². The summed E-state index contributed by atoms with van der Waals surface area (Å²) in [5.41, 5.74) is 4.26. The van der Waals surface area contributed by atoms with Crippen LogP contribution in [0.4, 0.5) is 0 Å². The lowest BCUT2D eigenvalue weighted by Gasteiger charge is -2.05. The summed E-state index contributed by atoms with van der Waals surface area (Å²) in [7, 11) is 1.60. The molecule has 0 aliphatic heterocycles. The van der Waals surface area contributed by atoms with E-state index in [1.807, 2.05) is 25.1 Å². The van der Waals surface area contributed by atoms with Crippen molar-refractivity contribution in [3.8, 4) is 11.5 Å². The third-order valence-corrected chi connectivity index (χ3v) is 5.20. The van der Waals surface area contributed by atoms with Crippen molar-refractivity contribution in [2.45, 2.75) is 18.8 Å². The molecule has 0 aliphatic rings. The summed E-state index contributed by atoms with van der Waals surface area (Å²) in [6.45, 7) is 1.98. The minimum atomic E-state index is -0.315. The quantitative estimate of drug-likeness (QED) is 0.273. The van der Waals surface area contributed by atoms with E-state index in [-0.39, 0.29) is 29.4 Å². The molecule has 0 atom stereocenters. The van der Waals surface area contributed by atoms with Gasteiger partial charge in [0.05, 0.1) is 24.1 Å². The molecule has 1 amide bonds. The third kappa shape index (κ3) is 6.88. The van der Waals surface area contributed by atoms with Crippen LogP contribution in [0.2, 0.25) is 10.0 Å². The molecule has 0 fully saturated rings. The van der Waals surface area contributed by atoms with Crippen molar-refractivity contribution in [3.63, 3.8) is 0 Å². The number of halogens is 2. The van der Waals surface area contributed by atoms with Gasteiger partial charge < -0.3 is 13.9 Å². The first kappa shape index (κ1) is 22.9. The normalized spacial score (nSPS) is 11.0. The van der Waals surface area contributed by atoms with E-state index >= 15 is 0 Å². The summed E-state index contributed by atoms with van der Waals surface area (Å²) < 4.78 is 16.2. The van der Waals surface area contributed by atoms with Crippen LogP contribution < -0.4 is 14.9 Å². The van der Waals surface area contributed by atoms with Crippen molar-refractivity contribution in [1.82, 2.24) is 15.6 Å². The Hall–Kier alpha value is -2.75. The molecule has 0 saturated carbocycles. The molecule has 31 heavy (non-hydrogen) atoms. The minimum Gasteiger partial charge on any atom is -0.496 e. The number of carbonyl (C=O) groups is 1. The predicted octanol–water partition coefficient (Wildman–Crippen LogP) is 4.51. The fourth-order valence-corrected chi connectivity index (χ4v) is 3.38. The second-order valence-electron chi connectivity index (χ2n) is 6.14. The van der Waals surface area contributed by atoms with Crippen LogP contribution in [0.5, 0.6) is 11.5 Å². The molecular weight excluding hydrogens is 463 g/mol. The molecule has 0 unspecified atom stereocenters. The van der Waals surface area contributed by atoms with Gasteiger partial charge >= 0.3 is 0 Å². The van der Waals surface area contributed by atoms with Crippen LogP contribution in [-0.2, 0) is 11.4 Å². The maximum absolute atomic E-state index is 12.0. The van der Waals surface area contributed by atoms with Crippen molar-refractivity contribution in [2.75, 3.05) is 12.9 Å². The Morgan fingerprint density at radius 2 is 2.06 bits per heavy atom. The van der Waals surface area contributed by atoms with Crippen LogP contribution in [0.1, 0.15) is 17.0 Å². The molecule has 1 N–H and O–H groups in total. The van der Waals surface area contributed by atoms with Gasteiger partial charge in [0.25, 0.3) is 17.0 Å². The van der Waals surface area contributed by atoms with Crippen molar-refractivity contribution in [1.29, 1.82) is 0 Å². The second kappa shape index (κ2) is 11.0. The summed E-state index contributed by atoms with van der Waals surface area (Å²) in [6, 6.07) is 10.5. The van der Waals surface area contributed by atoms with E-state index in [0.29, 0.717) is 15.8 Å². The maximum atomic E-state index is 12.0. The molecule has 0 radical (unpaired) electrons. The van der Waals surface area contributed by atoms with Gasteiger partial charge in [-0.25, -0.2) is 5.43 Å². The first-order valence-corrected chi connectivity index (χ1v) is 10.7. The average Bonchev–Trinajstić information content (AvgIpc) is 3.20. The zero-order valence-corrected chi connectivity index (χ0v) is 18.9. The fraction of sp³-hybridized carbons (Fsp3) is 0.200. The van der Waals surface area contributed by atoms with Crippen LogP contribution in [0.15, 0.2) is 51.1 Å². The van der Waals surface area contributed by atoms with Gasteiger partial charge in [-0.05, 0) is 42.3 Å². The average molecular weight is 481 g/mol. The molecule has 0 bridgehead atoms.